The largest absolute Gasteiger partial charge is 0.451 e. The van der Waals surface area contributed by atoms with E-state index in [9.17, 15) is 4.79 Å². The Bertz CT molecular complexity index is 1530. The summed E-state index contributed by atoms with van der Waals surface area (Å²) >= 11 is 2.28. The summed E-state index contributed by atoms with van der Waals surface area (Å²) < 4.78 is 8.69. The van der Waals surface area contributed by atoms with Gasteiger partial charge in [-0.2, -0.15) is 9.61 Å². The molecule has 8 heteroatoms. The van der Waals surface area contributed by atoms with Gasteiger partial charge >= 0.3 is 0 Å². The van der Waals surface area contributed by atoms with E-state index in [4.69, 9.17) is 9.40 Å². The minimum absolute atomic E-state index is 0.0255. The molecule has 0 aliphatic carbocycles. The number of amides is 1. The van der Waals surface area contributed by atoms with E-state index in [2.05, 4.69) is 58.1 Å². The third kappa shape index (κ3) is 4.34. The Morgan fingerprint density at radius 2 is 1.89 bits per heavy atom. The lowest BCUT2D eigenvalue weighted by Crippen LogP contribution is -2.39. The van der Waals surface area contributed by atoms with Crippen molar-refractivity contribution in [2.24, 2.45) is 5.92 Å². The van der Waals surface area contributed by atoms with Gasteiger partial charge in [0, 0.05) is 36.7 Å². The molecule has 0 unspecified atom stereocenters. The van der Waals surface area contributed by atoms with Gasteiger partial charge in [0.25, 0.3) is 5.91 Å². The highest BCUT2D eigenvalue weighted by molar-refractivity contribution is 14.1. The Morgan fingerprint density at radius 1 is 1.11 bits per heavy atom. The van der Waals surface area contributed by atoms with Gasteiger partial charge in [0.15, 0.2) is 11.4 Å². The summed E-state index contributed by atoms with van der Waals surface area (Å²) in [7, 11) is 0. The van der Waals surface area contributed by atoms with Crippen LogP contribution in [0.25, 0.3) is 27.9 Å². The second kappa shape index (κ2) is 9.57. The van der Waals surface area contributed by atoms with Crippen molar-refractivity contribution in [1.82, 2.24) is 19.5 Å². The summed E-state index contributed by atoms with van der Waals surface area (Å²) in [4.78, 5) is 19.8. The molecule has 0 saturated carbocycles. The van der Waals surface area contributed by atoms with Crippen LogP contribution in [0.2, 0.25) is 0 Å². The van der Waals surface area contributed by atoms with Crippen LogP contribution in [0.1, 0.15) is 29.0 Å². The van der Waals surface area contributed by atoms with E-state index in [0.29, 0.717) is 11.7 Å². The van der Waals surface area contributed by atoms with Crippen LogP contribution in [-0.2, 0) is 0 Å². The SMILES string of the molecule is Cc1ccccc1-c1cc(NCC2CCN(C(=O)c3cc4ccccc4o3)CC2)n2ncc(I)c2n1. The molecule has 1 fully saturated rings. The molecule has 1 N–H and O–H groups in total. The summed E-state index contributed by atoms with van der Waals surface area (Å²) in [5.41, 5.74) is 4.86. The second-order valence-electron chi connectivity index (χ2n) is 9.33. The number of piperidine rings is 1. The zero-order valence-electron chi connectivity index (χ0n) is 19.9. The van der Waals surface area contributed by atoms with Crippen molar-refractivity contribution >= 4 is 50.9 Å². The molecule has 7 nitrogen and oxygen atoms in total. The van der Waals surface area contributed by atoms with Crippen LogP contribution < -0.4 is 5.32 Å². The summed E-state index contributed by atoms with van der Waals surface area (Å²) in [5, 5.41) is 9.14. The molecule has 0 radical (unpaired) electrons. The molecule has 36 heavy (non-hydrogen) atoms. The summed E-state index contributed by atoms with van der Waals surface area (Å²) in [6.45, 7) is 4.37. The minimum Gasteiger partial charge on any atom is -0.451 e. The van der Waals surface area contributed by atoms with E-state index >= 15 is 0 Å². The molecule has 1 aliphatic rings. The van der Waals surface area contributed by atoms with E-state index in [1.807, 2.05) is 58.1 Å². The van der Waals surface area contributed by atoms with E-state index in [0.717, 1.165) is 69.7 Å². The van der Waals surface area contributed by atoms with Crippen molar-refractivity contribution in [2.75, 3.05) is 25.0 Å². The van der Waals surface area contributed by atoms with Gasteiger partial charge in [-0.3, -0.25) is 4.79 Å². The molecular formula is C28H26IN5O2. The lowest BCUT2D eigenvalue weighted by Gasteiger charge is -2.31. The zero-order chi connectivity index (χ0) is 24.6. The van der Waals surface area contributed by atoms with Crippen LogP contribution in [0.5, 0.6) is 0 Å². The van der Waals surface area contributed by atoms with Gasteiger partial charge in [0.1, 0.15) is 11.4 Å². The molecule has 4 heterocycles. The zero-order valence-corrected chi connectivity index (χ0v) is 22.1. The number of benzene rings is 2. The normalized spacial score (nSPS) is 14.6. The van der Waals surface area contributed by atoms with Crippen molar-refractivity contribution < 1.29 is 9.21 Å². The van der Waals surface area contributed by atoms with Gasteiger partial charge in [-0.1, -0.05) is 42.5 Å². The highest BCUT2D eigenvalue weighted by Gasteiger charge is 2.26. The number of fused-ring (bicyclic) bond motifs is 2. The predicted molar refractivity (Wildman–Crippen MR) is 149 cm³/mol. The number of furan rings is 1. The van der Waals surface area contributed by atoms with E-state index < -0.39 is 0 Å². The van der Waals surface area contributed by atoms with Crippen LogP contribution in [0.3, 0.4) is 0 Å². The first kappa shape index (κ1) is 23.0. The van der Waals surface area contributed by atoms with Crippen LogP contribution in [0, 0.1) is 16.4 Å². The molecular weight excluding hydrogens is 565 g/mol. The number of para-hydroxylation sites is 1. The first-order chi connectivity index (χ1) is 17.6. The van der Waals surface area contributed by atoms with Crippen molar-refractivity contribution in [3.8, 4) is 11.3 Å². The highest BCUT2D eigenvalue weighted by Crippen LogP contribution is 2.28. The Balaban J connectivity index is 1.14. The number of carbonyl (C=O) groups is 1. The number of aryl methyl sites for hydroxylation is 1. The van der Waals surface area contributed by atoms with Crippen LogP contribution >= 0.6 is 22.6 Å². The monoisotopic (exact) mass is 591 g/mol. The lowest BCUT2D eigenvalue weighted by atomic mass is 9.96. The van der Waals surface area contributed by atoms with Crippen LogP contribution in [-0.4, -0.2) is 45.0 Å². The molecule has 6 rings (SSSR count). The van der Waals surface area contributed by atoms with E-state index in [1.165, 1.54) is 5.56 Å². The van der Waals surface area contributed by atoms with E-state index in [-0.39, 0.29) is 5.91 Å². The molecule has 5 aromatic rings. The van der Waals surface area contributed by atoms with Crippen LogP contribution in [0.4, 0.5) is 5.82 Å². The number of nitrogens with zero attached hydrogens (tertiary/aromatic N) is 4. The number of hydrogen-bond acceptors (Lipinski definition) is 5. The number of aromatic nitrogens is 3. The molecule has 0 spiro atoms. The quantitative estimate of drug-likeness (QED) is 0.253. The highest BCUT2D eigenvalue weighted by atomic mass is 127. The first-order valence-electron chi connectivity index (χ1n) is 12.2. The summed E-state index contributed by atoms with van der Waals surface area (Å²) in [6.07, 6.45) is 3.72. The van der Waals surface area contributed by atoms with E-state index in [1.54, 1.807) is 0 Å². The topological polar surface area (TPSA) is 75.7 Å². The van der Waals surface area contributed by atoms with Gasteiger partial charge in [-0.05, 0) is 66.0 Å². The lowest BCUT2D eigenvalue weighted by molar-refractivity contribution is 0.0665. The maximum absolute atomic E-state index is 13.0. The first-order valence-corrected chi connectivity index (χ1v) is 13.3. The second-order valence-corrected chi connectivity index (χ2v) is 10.5. The number of anilines is 1. The number of rotatable bonds is 5. The minimum atomic E-state index is -0.0255. The molecule has 0 atom stereocenters. The number of nitrogens with one attached hydrogen (secondary N) is 1. The Kier molecular flexibility index (Phi) is 6.12. The standard InChI is InChI=1S/C28H26IN5O2/c1-18-6-2-4-8-21(18)23-15-26(34-27(32-23)22(29)17-31-34)30-16-19-10-12-33(13-11-19)28(35)25-14-20-7-3-5-9-24(20)36-25/h2-9,14-15,17,19,30H,10-13,16H2,1H3. The van der Waals surface area contributed by atoms with Crippen molar-refractivity contribution in [3.05, 3.63) is 81.8 Å². The molecule has 1 aliphatic heterocycles. The Morgan fingerprint density at radius 3 is 2.69 bits per heavy atom. The molecule has 182 valence electrons. The van der Waals surface area contributed by atoms with Gasteiger partial charge in [-0.15, -0.1) is 0 Å². The fourth-order valence-corrected chi connectivity index (χ4v) is 5.37. The Labute approximate surface area is 222 Å². The van der Waals surface area contributed by atoms with Crippen molar-refractivity contribution in [3.63, 3.8) is 0 Å². The Hall–Kier alpha value is -3.40. The van der Waals surface area contributed by atoms with Gasteiger partial charge < -0.3 is 14.6 Å². The number of halogens is 1. The molecule has 3 aromatic heterocycles. The average Bonchev–Trinajstić information content (AvgIpc) is 3.51. The third-order valence-corrected chi connectivity index (χ3v) is 7.72. The van der Waals surface area contributed by atoms with Gasteiger partial charge in [-0.25, -0.2) is 4.98 Å². The fraction of sp³-hybridized carbons (Fsp3) is 0.250. The fourth-order valence-electron chi connectivity index (χ4n) is 4.89. The van der Waals surface area contributed by atoms with Crippen molar-refractivity contribution in [2.45, 2.75) is 19.8 Å². The third-order valence-electron chi connectivity index (χ3n) is 6.96. The number of hydrogen-bond donors (Lipinski definition) is 1. The molecule has 1 saturated heterocycles. The average molecular weight is 591 g/mol. The van der Waals surface area contributed by atoms with Gasteiger partial charge in [0.05, 0.1) is 15.5 Å². The molecule has 1 amide bonds. The smallest absolute Gasteiger partial charge is 0.289 e. The van der Waals surface area contributed by atoms with Crippen LogP contribution in [0.15, 0.2) is 71.3 Å². The van der Waals surface area contributed by atoms with Crippen molar-refractivity contribution in [1.29, 1.82) is 0 Å². The van der Waals surface area contributed by atoms with Gasteiger partial charge in [0.2, 0.25) is 0 Å². The summed E-state index contributed by atoms with van der Waals surface area (Å²) in [6, 6.07) is 20.0. The molecule has 2 aromatic carbocycles. The number of carbonyl (C=O) groups excluding carboxylic acids is 1. The molecule has 0 bridgehead atoms. The number of likely N-dealkylation sites (tertiary alicyclic amines) is 1. The summed E-state index contributed by atoms with van der Waals surface area (Å²) in [5.74, 6) is 1.79. The maximum atomic E-state index is 13.0. The predicted octanol–water partition coefficient (Wildman–Crippen LogP) is 6.02. The maximum Gasteiger partial charge on any atom is 0.289 e.